The highest BCUT2D eigenvalue weighted by Crippen LogP contribution is 2.22. The number of ether oxygens (including phenoxy) is 1. The number of carbonyl (C=O) groups is 1. The van der Waals surface area contributed by atoms with Gasteiger partial charge in [-0.05, 0) is 50.6 Å². The van der Waals surface area contributed by atoms with Crippen LogP contribution >= 0.6 is 0 Å². The summed E-state index contributed by atoms with van der Waals surface area (Å²) in [6.45, 7) is 6.27. The Hall–Kier alpha value is -3.41. The Bertz CT molecular complexity index is 944. The van der Waals surface area contributed by atoms with Crippen molar-refractivity contribution in [3.63, 3.8) is 0 Å². The maximum atomic E-state index is 12.5. The SMILES string of the molecule is CCOc1ccc(/C(C)=N\NC(=O)c2[nH]nc(-c3ccccc3)c2C)cc1. The molecule has 1 heterocycles. The maximum absolute atomic E-state index is 12.5. The number of rotatable bonds is 6. The van der Waals surface area contributed by atoms with Crippen molar-refractivity contribution in [3.8, 4) is 17.0 Å². The highest BCUT2D eigenvalue weighted by molar-refractivity contribution is 6.01. The lowest BCUT2D eigenvalue weighted by atomic mass is 10.1. The number of benzene rings is 2. The molecule has 1 aromatic heterocycles. The lowest BCUT2D eigenvalue weighted by Gasteiger charge is -2.05. The number of carbonyl (C=O) groups excluding carboxylic acids is 1. The molecule has 6 nitrogen and oxygen atoms in total. The molecule has 0 saturated heterocycles. The molecular formula is C21H22N4O2. The van der Waals surface area contributed by atoms with E-state index in [4.69, 9.17) is 4.74 Å². The van der Waals surface area contributed by atoms with Crippen molar-refractivity contribution in [2.24, 2.45) is 5.10 Å². The third-order valence-electron chi connectivity index (χ3n) is 4.19. The minimum atomic E-state index is -0.326. The Morgan fingerprint density at radius 2 is 1.85 bits per heavy atom. The summed E-state index contributed by atoms with van der Waals surface area (Å²) in [5.74, 6) is 0.479. The van der Waals surface area contributed by atoms with Crippen LogP contribution in [0.2, 0.25) is 0 Å². The molecule has 0 radical (unpaired) electrons. The van der Waals surface area contributed by atoms with Crippen LogP contribution in [-0.2, 0) is 0 Å². The van der Waals surface area contributed by atoms with E-state index < -0.39 is 0 Å². The van der Waals surface area contributed by atoms with Crippen molar-refractivity contribution in [2.45, 2.75) is 20.8 Å². The molecule has 2 aromatic carbocycles. The molecule has 2 N–H and O–H groups in total. The Morgan fingerprint density at radius 1 is 1.15 bits per heavy atom. The average Bonchev–Trinajstić information content (AvgIpc) is 3.09. The largest absolute Gasteiger partial charge is 0.494 e. The topological polar surface area (TPSA) is 79.4 Å². The zero-order valence-electron chi connectivity index (χ0n) is 15.6. The second-order valence-corrected chi connectivity index (χ2v) is 6.03. The van der Waals surface area contributed by atoms with Gasteiger partial charge in [-0.15, -0.1) is 0 Å². The van der Waals surface area contributed by atoms with E-state index in [1.807, 2.05) is 75.4 Å². The van der Waals surface area contributed by atoms with Gasteiger partial charge in [0.05, 0.1) is 18.0 Å². The van der Waals surface area contributed by atoms with Gasteiger partial charge < -0.3 is 4.74 Å². The first kappa shape index (κ1) is 18.4. The van der Waals surface area contributed by atoms with Gasteiger partial charge in [-0.3, -0.25) is 9.89 Å². The van der Waals surface area contributed by atoms with Crippen LogP contribution in [-0.4, -0.2) is 28.4 Å². The first-order valence-corrected chi connectivity index (χ1v) is 8.78. The summed E-state index contributed by atoms with van der Waals surface area (Å²) in [6.07, 6.45) is 0. The normalized spacial score (nSPS) is 11.3. The molecule has 0 fully saturated rings. The summed E-state index contributed by atoms with van der Waals surface area (Å²) < 4.78 is 5.43. The van der Waals surface area contributed by atoms with Crippen LogP contribution < -0.4 is 10.2 Å². The van der Waals surface area contributed by atoms with E-state index in [9.17, 15) is 4.79 Å². The molecule has 0 spiro atoms. The molecule has 1 amide bonds. The highest BCUT2D eigenvalue weighted by Gasteiger charge is 2.16. The van der Waals surface area contributed by atoms with Gasteiger partial charge in [0.2, 0.25) is 0 Å². The van der Waals surface area contributed by atoms with E-state index in [-0.39, 0.29) is 5.91 Å². The average molecular weight is 362 g/mol. The fraction of sp³-hybridized carbons (Fsp3) is 0.190. The summed E-state index contributed by atoms with van der Waals surface area (Å²) >= 11 is 0. The van der Waals surface area contributed by atoms with Gasteiger partial charge in [0.25, 0.3) is 5.91 Å². The third kappa shape index (κ3) is 4.23. The molecule has 0 saturated carbocycles. The Balaban J connectivity index is 1.72. The smallest absolute Gasteiger partial charge is 0.289 e. The molecule has 3 rings (SSSR count). The van der Waals surface area contributed by atoms with E-state index in [1.165, 1.54) is 0 Å². The Labute approximate surface area is 158 Å². The molecule has 138 valence electrons. The second kappa shape index (κ2) is 8.31. The van der Waals surface area contributed by atoms with Crippen molar-refractivity contribution in [1.82, 2.24) is 15.6 Å². The van der Waals surface area contributed by atoms with Crippen LogP contribution in [0.1, 0.15) is 35.5 Å². The molecule has 27 heavy (non-hydrogen) atoms. The number of hydrogen-bond acceptors (Lipinski definition) is 4. The number of nitrogens with zero attached hydrogens (tertiary/aromatic N) is 2. The van der Waals surface area contributed by atoms with Gasteiger partial charge >= 0.3 is 0 Å². The summed E-state index contributed by atoms with van der Waals surface area (Å²) in [5, 5.41) is 11.3. The van der Waals surface area contributed by atoms with Crippen molar-refractivity contribution < 1.29 is 9.53 Å². The summed E-state index contributed by atoms with van der Waals surface area (Å²) in [5.41, 5.74) is 7.10. The molecule has 6 heteroatoms. The number of aromatic nitrogens is 2. The van der Waals surface area contributed by atoms with Gasteiger partial charge in [0.15, 0.2) is 0 Å². The number of hydrazone groups is 1. The predicted molar refractivity (Wildman–Crippen MR) is 106 cm³/mol. The van der Waals surface area contributed by atoms with Crippen molar-refractivity contribution >= 4 is 11.6 Å². The van der Waals surface area contributed by atoms with E-state index in [2.05, 4.69) is 20.7 Å². The van der Waals surface area contributed by atoms with Gasteiger partial charge in [0, 0.05) is 11.1 Å². The van der Waals surface area contributed by atoms with Crippen LogP contribution in [0, 0.1) is 6.92 Å². The molecule has 0 atom stereocenters. The third-order valence-corrected chi connectivity index (χ3v) is 4.19. The van der Waals surface area contributed by atoms with Crippen molar-refractivity contribution in [3.05, 3.63) is 71.4 Å². The molecule has 3 aromatic rings. The fourth-order valence-corrected chi connectivity index (χ4v) is 2.71. The Morgan fingerprint density at radius 3 is 2.52 bits per heavy atom. The molecule has 0 bridgehead atoms. The summed E-state index contributed by atoms with van der Waals surface area (Å²) in [6, 6.07) is 17.3. The van der Waals surface area contributed by atoms with E-state index in [1.54, 1.807) is 0 Å². The lowest BCUT2D eigenvalue weighted by molar-refractivity contribution is 0.0949. The maximum Gasteiger partial charge on any atom is 0.289 e. The lowest BCUT2D eigenvalue weighted by Crippen LogP contribution is -2.20. The number of amides is 1. The number of H-pyrrole nitrogens is 1. The molecule has 0 aliphatic carbocycles. The number of nitrogens with one attached hydrogen (secondary N) is 2. The number of aromatic amines is 1. The van der Waals surface area contributed by atoms with Crippen LogP contribution in [0.3, 0.4) is 0 Å². The van der Waals surface area contributed by atoms with Gasteiger partial charge in [-0.1, -0.05) is 30.3 Å². The van der Waals surface area contributed by atoms with Crippen LogP contribution in [0.15, 0.2) is 59.7 Å². The standard InChI is InChI=1S/C21H22N4O2/c1-4-27-18-12-10-16(11-13-18)15(3)22-25-21(26)20-14(2)19(23-24-20)17-8-6-5-7-9-17/h5-13H,4H2,1-3H3,(H,23,24)(H,25,26)/b22-15-. The monoisotopic (exact) mass is 362 g/mol. The first-order chi connectivity index (χ1) is 13.1. The summed E-state index contributed by atoms with van der Waals surface area (Å²) in [4.78, 5) is 12.5. The zero-order valence-corrected chi connectivity index (χ0v) is 15.6. The summed E-state index contributed by atoms with van der Waals surface area (Å²) in [7, 11) is 0. The van der Waals surface area contributed by atoms with Gasteiger partial charge in [-0.2, -0.15) is 10.2 Å². The van der Waals surface area contributed by atoms with Gasteiger partial charge in [-0.25, -0.2) is 5.43 Å². The highest BCUT2D eigenvalue weighted by atomic mass is 16.5. The Kier molecular flexibility index (Phi) is 5.66. The minimum absolute atomic E-state index is 0.326. The quantitative estimate of drug-likeness (QED) is 0.515. The van der Waals surface area contributed by atoms with Crippen LogP contribution in [0.25, 0.3) is 11.3 Å². The van der Waals surface area contributed by atoms with E-state index >= 15 is 0 Å². The van der Waals surface area contributed by atoms with E-state index in [0.717, 1.165) is 28.1 Å². The van der Waals surface area contributed by atoms with Gasteiger partial charge in [0.1, 0.15) is 11.4 Å². The van der Waals surface area contributed by atoms with Crippen molar-refractivity contribution in [2.75, 3.05) is 6.61 Å². The first-order valence-electron chi connectivity index (χ1n) is 8.78. The molecular weight excluding hydrogens is 340 g/mol. The fourth-order valence-electron chi connectivity index (χ4n) is 2.71. The number of hydrogen-bond donors (Lipinski definition) is 2. The predicted octanol–water partition coefficient (Wildman–Crippen LogP) is 3.94. The van der Waals surface area contributed by atoms with Crippen LogP contribution in [0.4, 0.5) is 0 Å². The minimum Gasteiger partial charge on any atom is -0.494 e. The zero-order chi connectivity index (χ0) is 19.2. The van der Waals surface area contributed by atoms with Crippen LogP contribution in [0.5, 0.6) is 5.75 Å². The molecule has 0 aliphatic heterocycles. The second-order valence-electron chi connectivity index (χ2n) is 6.03. The van der Waals surface area contributed by atoms with E-state index in [0.29, 0.717) is 18.0 Å². The van der Waals surface area contributed by atoms with Crippen molar-refractivity contribution in [1.29, 1.82) is 0 Å². The molecule has 0 unspecified atom stereocenters. The molecule has 0 aliphatic rings.